The van der Waals surface area contributed by atoms with Gasteiger partial charge in [0.1, 0.15) is 5.82 Å². The van der Waals surface area contributed by atoms with Crippen molar-refractivity contribution in [1.29, 1.82) is 0 Å². The molecule has 3 heterocycles. The first-order valence-electron chi connectivity index (χ1n) is 8.94. The van der Waals surface area contributed by atoms with Gasteiger partial charge in [0.15, 0.2) is 0 Å². The summed E-state index contributed by atoms with van der Waals surface area (Å²) < 4.78 is 14.4. The third kappa shape index (κ3) is 2.42. The average molecular weight is 426 g/mol. The van der Waals surface area contributed by atoms with Crippen LogP contribution in [-0.4, -0.2) is 22.9 Å². The monoisotopic (exact) mass is 425 g/mol. The minimum atomic E-state index is -0.329. The van der Waals surface area contributed by atoms with Gasteiger partial charge in [-0.2, -0.15) is 0 Å². The zero-order valence-corrected chi connectivity index (χ0v) is 16.3. The lowest BCUT2D eigenvalue weighted by Crippen LogP contribution is -2.49. The highest BCUT2D eigenvalue weighted by Crippen LogP contribution is 2.59. The van der Waals surface area contributed by atoms with Crippen LogP contribution in [0.2, 0.25) is 0 Å². The van der Waals surface area contributed by atoms with Gasteiger partial charge in [0.2, 0.25) is 5.91 Å². The third-order valence-corrected chi connectivity index (χ3v) is 6.63. The van der Waals surface area contributed by atoms with E-state index in [9.17, 15) is 9.18 Å². The van der Waals surface area contributed by atoms with E-state index >= 15 is 0 Å². The molecular formula is C21H17BrFN3O. The fraction of sp³-hybridized carbons (Fsp3) is 0.286. The highest BCUT2D eigenvalue weighted by molar-refractivity contribution is 9.10. The number of anilines is 1. The van der Waals surface area contributed by atoms with E-state index in [-0.39, 0.29) is 17.1 Å². The molecule has 0 unspecified atom stereocenters. The Hall–Kier alpha value is -2.34. The predicted octanol–water partition coefficient (Wildman–Crippen LogP) is 4.71. The predicted molar refractivity (Wildman–Crippen MR) is 105 cm³/mol. The van der Waals surface area contributed by atoms with Crippen LogP contribution in [0.4, 0.5) is 10.1 Å². The van der Waals surface area contributed by atoms with E-state index in [1.807, 2.05) is 24.4 Å². The van der Waals surface area contributed by atoms with Gasteiger partial charge >= 0.3 is 0 Å². The number of pyridine rings is 2. The van der Waals surface area contributed by atoms with Crippen molar-refractivity contribution < 1.29 is 9.18 Å². The van der Waals surface area contributed by atoms with Crippen molar-refractivity contribution in [2.45, 2.75) is 30.6 Å². The molecule has 1 spiro atoms. The first-order valence-corrected chi connectivity index (χ1v) is 9.73. The Labute approximate surface area is 164 Å². The van der Waals surface area contributed by atoms with Crippen molar-refractivity contribution in [2.24, 2.45) is 0 Å². The van der Waals surface area contributed by atoms with E-state index in [1.54, 1.807) is 24.2 Å². The lowest BCUT2D eigenvalue weighted by molar-refractivity contribution is -0.121. The van der Waals surface area contributed by atoms with E-state index in [0.717, 1.165) is 35.2 Å². The molecule has 1 aromatic carbocycles. The number of carbonyl (C=O) groups is 1. The molecule has 1 fully saturated rings. The summed E-state index contributed by atoms with van der Waals surface area (Å²) in [7, 11) is 1.79. The van der Waals surface area contributed by atoms with Gasteiger partial charge in [0.25, 0.3) is 0 Å². The third-order valence-electron chi connectivity index (χ3n) is 6.03. The number of carbonyl (C=O) groups excluding carboxylic acids is 1. The standard InChI is InChI=1S/C21H17BrFN3O/c1-26-18-11-25-17-7-15(23)14(22)6-13(17)20(18)21(10-19(26)27)8-12(9-21)16-4-2-3-5-24-16/h2-7,11-12H,8-10H2,1H3/t12-,21-. The smallest absolute Gasteiger partial charge is 0.227 e. The summed E-state index contributed by atoms with van der Waals surface area (Å²) in [5.74, 6) is 0.107. The minimum Gasteiger partial charge on any atom is -0.314 e. The Morgan fingerprint density at radius 1 is 1.26 bits per heavy atom. The van der Waals surface area contributed by atoms with Crippen LogP contribution in [0.3, 0.4) is 0 Å². The maximum absolute atomic E-state index is 14.0. The first-order chi connectivity index (χ1) is 13.0. The van der Waals surface area contributed by atoms with Crippen molar-refractivity contribution in [1.82, 2.24) is 9.97 Å². The van der Waals surface area contributed by atoms with Gasteiger partial charge in [-0.05, 0) is 52.5 Å². The molecule has 2 aromatic heterocycles. The molecule has 0 N–H and O–H groups in total. The lowest BCUT2D eigenvalue weighted by Gasteiger charge is -2.52. The Morgan fingerprint density at radius 3 is 2.81 bits per heavy atom. The van der Waals surface area contributed by atoms with Crippen LogP contribution in [0.5, 0.6) is 0 Å². The molecule has 136 valence electrons. The number of aromatic nitrogens is 2. The van der Waals surface area contributed by atoms with E-state index in [4.69, 9.17) is 0 Å². The Balaban J connectivity index is 1.67. The van der Waals surface area contributed by atoms with Gasteiger partial charge in [-0.25, -0.2) is 4.39 Å². The highest BCUT2D eigenvalue weighted by atomic mass is 79.9. The summed E-state index contributed by atoms with van der Waals surface area (Å²) in [4.78, 5) is 23.3. The Bertz CT molecular complexity index is 1080. The van der Waals surface area contributed by atoms with Crippen molar-refractivity contribution in [2.75, 3.05) is 11.9 Å². The summed E-state index contributed by atoms with van der Waals surface area (Å²) in [6.45, 7) is 0. The second-order valence-corrected chi connectivity index (χ2v) is 8.43. The molecule has 3 aromatic rings. The zero-order valence-electron chi connectivity index (χ0n) is 14.7. The quantitative estimate of drug-likeness (QED) is 0.566. The second-order valence-electron chi connectivity index (χ2n) is 7.57. The van der Waals surface area contributed by atoms with Crippen LogP contribution in [0.25, 0.3) is 10.9 Å². The van der Waals surface area contributed by atoms with Crippen molar-refractivity contribution >= 4 is 38.4 Å². The topological polar surface area (TPSA) is 46.1 Å². The molecule has 0 saturated heterocycles. The zero-order chi connectivity index (χ0) is 18.8. The molecular weight excluding hydrogens is 409 g/mol. The molecule has 0 atom stereocenters. The number of benzene rings is 1. The molecule has 4 nitrogen and oxygen atoms in total. The van der Waals surface area contributed by atoms with Crippen LogP contribution >= 0.6 is 15.9 Å². The molecule has 1 amide bonds. The highest BCUT2D eigenvalue weighted by Gasteiger charge is 2.52. The molecule has 1 aliphatic carbocycles. The van der Waals surface area contributed by atoms with E-state index in [2.05, 4.69) is 25.9 Å². The molecule has 0 bridgehead atoms. The summed E-state index contributed by atoms with van der Waals surface area (Å²) in [5.41, 5.74) is 3.40. The maximum atomic E-state index is 14.0. The molecule has 5 rings (SSSR count). The fourth-order valence-corrected chi connectivity index (χ4v) is 5.02. The number of halogens is 2. The van der Waals surface area contributed by atoms with Gasteiger partial charge in [-0.15, -0.1) is 0 Å². The summed E-state index contributed by atoms with van der Waals surface area (Å²) in [6, 6.07) is 9.22. The molecule has 1 saturated carbocycles. The van der Waals surface area contributed by atoms with Gasteiger partial charge in [0, 0.05) is 48.1 Å². The van der Waals surface area contributed by atoms with Crippen molar-refractivity contribution in [3.63, 3.8) is 0 Å². The molecule has 2 aliphatic rings. The van der Waals surface area contributed by atoms with Gasteiger partial charge in [-0.1, -0.05) is 6.07 Å². The summed E-state index contributed by atoms with van der Waals surface area (Å²) in [6.07, 6.45) is 5.72. The van der Waals surface area contributed by atoms with Crippen LogP contribution in [0, 0.1) is 5.82 Å². The molecule has 0 radical (unpaired) electrons. The maximum Gasteiger partial charge on any atom is 0.227 e. The van der Waals surface area contributed by atoms with Crippen molar-refractivity contribution in [3.05, 3.63) is 64.3 Å². The second kappa shape index (κ2) is 5.83. The van der Waals surface area contributed by atoms with Gasteiger partial charge < -0.3 is 4.90 Å². The molecule has 1 aliphatic heterocycles. The number of hydrogen-bond acceptors (Lipinski definition) is 3. The first kappa shape index (κ1) is 16.8. The van der Waals surface area contributed by atoms with Crippen LogP contribution < -0.4 is 4.90 Å². The van der Waals surface area contributed by atoms with E-state index in [0.29, 0.717) is 22.3 Å². The number of rotatable bonds is 1. The van der Waals surface area contributed by atoms with Gasteiger partial charge in [0.05, 0.1) is 21.9 Å². The average Bonchev–Trinajstić information content (AvgIpc) is 2.64. The van der Waals surface area contributed by atoms with Gasteiger partial charge in [-0.3, -0.25) is 14.8 Å². The van der Waals surface area contributed by atoms with Crippen molar-refractivity contribution in [3.8, 4) is 0 Å². The largest absolute Gasteiger partial charge is 0.314 e. The summed E-state index contributed by atoms with van der Waals surface area (Å²) >= 11 is 3.30. The van der Waals surface area contributed by atoms with E-state index < -0.39 is 0 Å². The lowest BCUT2D eigenvalue weighted by atomic mass is 9.54. The van der Waals surface area contributed by atoms with E-state index in [1.165, 1.54) is 6.07 Å². The molecule has 27 heavy (non-hydrogen) atoms. The summed E-state index contributed by atoms with van der Waals surface area (Å²) in [5, 5.41) is 0.916. The molecule has 6 heteroatoms. The number of amides is 1. The minimum absolute atomic E-state index is 0.101. The number of hydrogen-bond donors (Lipinski definition) is 0. The Kier molecular flexibility index (Phi) is 3.63. The SMILES string of the molecule is CN1C(=O)C[C@]2(C[C@@H](c3ccccn3)C2)c2c1cnc1cc(F)c(Br)cc12. The van der Waals surface area contributed by atoms with Crippen LogP contribution in [0.15, 0.2) is 47.2 Å². The van der Waals surface area contributed by atoms with Crippen LogP contribution in [-0.2, 0) is 10.2 Å². The van der Waals surface area contributed by atoms with Crippen LogP contribution in [0.1, 0.15) is 36.4 Å². The normalized spacial score (nSPS) is 24.2. The number of nitrogens with zero attached hydrogens (tertiary/aromatic N) is 3. The number of fused-ring (bicyclic) bond motifs is 4. The Morgan fingerprint density at radius 2 is 2.07 bits per heavy atom. The fourth-order valence-electron chi connectivity index (χ4n) is 4.68.